The predicted octanol–water partition coefficient (Wildman–Crippen LogP) is 16.2. The molecule has 0 unspecified atom stereocenters. The van der Waals surface area contributed by atoms with Crippen molar-refractivity contribution in [3.8, 4) is 44.5 Å². The third-order valence-corrected chi connectivity index (χ3v) is 16.5. The van der Waals surface area contributed by atoms with Crippen molar-refractivity contribution in [2.45, 2.75) is 88.9 Å². The molecule has 7 aromatic rings. The van der Waals surface area contributed by atoms with E-state index in [0.29, 0.717) is 11.8 Å². The molecule has 4 bridgehead atoms. The second-order valence-corrected chi connectivity index (χ2v) is 20.8. The standard InChI is InChI=1S/C60H57N/c1-58(2)29-30-59(3,4)56-36-49(27-28-54(56)58)61(48-25-23-44(24-26-48)42-15-9-6-10-16-42)57-38-55-52(37-51(57)45-21-19-43(20-22-45)41-13-7-5-8-14-41)50-17-11-12-18-53(50)60(55)46-32-39-31-40(34-46)35-47(60)33-39/h5-28,36-40,46-47H,29-35H2,1-4H3. The zero-order valence-corrected chi connectivity index (χ0v) is 36.3. The molecule has 0 saturated heterocycles. The van der Waals surface area contributed by atoms with Gasteiger partial charge in [0.15, 0.2) is 0 Å². The molecule has 6 aliphatic carbocycles. The highest BCUT2D eigenvalue weighted by molar-refractivity contribution is 5.95. The predicted molar refractivity (Wildman–Crippen MR) is 256 cm³/mol. The van der Waals surface area contributed by atoms with Crippen molar-refractivity contribution in [3.63, 3.8) is 0 Å². The number of anilines is 3. The molecule has 6 aliphatic rings. The monoisotopic (exact) mass is 791 g/mol. The molecule has 0 heterocycles. The van der Waals surface area contributed by atoms with Crippen molar-refractivity contribution in [2.24, 2.45) is 23.7 Å². The van der Waals surface area contributed by atoms with Crippen molar-refractivity contribution in [2.75, 3.05) is 4.90 Å². The molecule has 1 nitrogen and oxygen atoms in total. The lowest BCUT2D eigenvalue weighted by Crippen LogP contribution is -2.55. The number of nitrogens with zero attached hydrogens (tertiary/aromatic N) is 1. The Hall–Kier alpha value is -5.66. The maximum Gasteiger partial charge on any atom is 0.0543 e. The van der Waals surface area contributed by atoms with Gasteiger partial charge >= 0.3 is 0 Å². The average molecular weight is 792 g/mol. The van der Waals surface area contributed by atoms with E-state index in [0.717, 1.165) is 11.8 Å². The maximum absolute atomic E-state index is 2.72. The molecule has 61 heavy (non-hydrogen) atoms. The first-order valence-corrected chi connectivity index (χ1v) is 23.2. The van der Waals surface area contributed by atoms with E-state index in [1.54, 1.807) is 11.1 Å². The van der Waals surface area contributed by atoms with Crippen LogP contribution in [0, 0.1) is 23.7 Å². The molecule has 0 aliphatic heterocycles. The van der Waals surface area contributed by atoms with Gasteiger partial charge in [0.25, 0.3) is 0 Å². The Bertz CT molecular complexity index is 2760. The van der Waals surface area contributed by atoms with Crippen LogP contribution in [0.5, 0.6) is 0 Å². The molecule has 0 aromatic heterocycles. The summed E-state index contributed by atoms with van der Waals surface area (Å²) in [7, 11) is 0. The fourth-order valence-corrected chi connectivity index (χ4v) is 13.6. The number of hydrogen-bond donors (Lipinski definition) is 0. The van der Waals surface area contributed by atoms with Gasteiger partial charge in [0.2, 0.25) is 0 Å². The summed E-state index contributed by atoms with van der Waals surface area (Å²) in [4.78, 5) is 2.64. The normalized spacial score (nSPS) is 24.6. The van der Waals surface area contributed by atoms with Gasteiger partial charge in [-0.3, -0.25) is 0 Å². The molecule has 0 amide bonds. The summed E-state index contributed by atoms with van der Waals surface area (Å²) in [6.07, 6.45) is 9.35. The van der Waals surface area contributed by atoms with E-state index in [1.165, 1.54) is 118 Å². The Balaban J connectivity index is 1.12. The van der Waals surface area contributed by atoms with Crippen LogP contribution in [0.1, 0.15) is 94.9 Å². The average Bonchev–Trinajstić information content (AvgIpc) is 3.57. The van der Waals surface area contributed by atoms with Crippen LogP contribution in [0.15, 0.2) is 164 Å². The molecule has 1 heteroatoms. The van der Waals surface area contributed by atoms with Crippen LogP contribution in [-0.4, -0.2) is 0 Å². The summed E-state index contributed by atoms with van der Waals surface area (Å²) in [6.45, 7) is 9.82. The molecule has 0 N–H and O–H groups in total. The first kappa shape index (κ1) is 37.1. The molecule has 4 saturated carbocycles. The van der Waals surface area contributed by atoms with Crippen LogP contribution in [0.2, 0.25) is 0 Å². The van der Waals surface area contributed by atoms with Gasteiger partial charge in [-0.1, -0.05) is 155 Å². The number of hydrogen-bond acceptors (Lipinski definition) is 1. The van der Waals surface area contributed by atoms with E-state index in [-0.39, 0.29) is 16.2 Å². The summed E-state index contributed by atoms with van der Waals surface area (Å²) >= 11 is 0. The van der Waals surface area contributed by atoms with Gasteiger partial charge in [-0.25, -0.2) is 0 Å². The second-order valence-electron chi connectivity index (χ2n) is 20.8. The third-order valence-electron chi connectivity index (χ3n) is 16.5. The summed E-state index contributed by atoms with van der Waals surface area (Å²) in [5.41, 5.74) is 20.7. The number of fused-ring (bicyclic) bond motifs is 4. The van der Waals surface area contributed by atoms with Crippen LogP contribution < -0.4 is 4.90 Å². The van der Waals surface area contributed by atoms with Gasteiger partial charge in [0, 0.05) is 22.4 Å². The lowest BCUT2D eigenvalue weighted by atomic mass is 9.43. The lowest BCUT2D eigenvalue weighted by molar-refractivity contribution is -0.0399. The fraction of sp³-hybridized carbons (Fsp3) is 0.300. The molecule has 4 fully saturated rings. The van der Waals surface area contributed by atoms with Gasteiger partial charge < -0.3 is 4.90 Å². The third kappa shape index (κ3) is 5.72. The van der Waals surface area contributed by atoms with E-state index < -0.39 is 0 Å². The van der Waals surface area contributed by atoms with Crippen molar-refractivity contribution in [1.82, 2.24) is 0 Å². The van der Waals surface area contributed by atoms with Crippen LogP contribution in [0.3, 0.4) is 0 Å². The van der Waals surface area contributed by atoms with Crippen LogP contribution >= 0.6 is 0 Å². The van der Waals surface area contributed by atoms with E-state index >= 15 is 0 Å². The van der Waals surface area contributed by atoms with Gasteiger partial charge in [-0.15, -0.1) is 0 Å². The highest BCUT2D eigenvalue weighted by Gasteiger charge is 2.61. The highest BCUT2D eigenvalue weighted by atomic mass is 15.1. The smallest absolute Gasteiger partial charge is 0.0543 e. The molecule has 13 rings (SSSR count). The van der Waals surface area contributed by atoms with Gasteiger partial charge in [0.05, 0.1) is 5.69 Å². The minimum absolute atomic E-state index is 0.0640. The summed E-state index contributed by atoms with van der Waals surface area (Å²) < 4.78 is 0. The number of rotatable bonds is 6. The quantitative estimate of drug-likeness (QED) is 0.162. The van der Waals surface area contributed by atoms with Crippen LogP contribution in [0.25, 0.3) is 44.5 Å². The highest BCUT2D eigenvalue weighted by Crippen LogP contribution is 2.70. The molecule has 302 valence electrons. The molecular formula is C60H57N. The van der Waals surface area contributed by atoms with E-state index in [1.807, 2.05) is 0 Å². The Kier molecular flexibility index (Phi) is 8.32. The second kappa shape index (κ2) is 13.7. The lowest BCUT2D eigenvalue weighted by Gasteiger charge is -2.61. The summed E-state index contributed by atoms with van der Waals surface area (Å²) in [6, 6.07) is 62.9. The fourth-order valence-electron chi connectivity index (χ4n) is 13.6. The molecule has 1 spiro atoms. The largest absolute Gasteiger partial charge is 0.310 e. The Labute approximate surface area is 363 Å². The summed E-state index contributed by atoms with van der Waals surface area (Å²) in [5, 5.41) is 0. The summed E-state index contributed by atoms with van der Waals surface area (Å²) in [5.74, 6) is 3.18. The maximum atomic E-state index is 2.72. The van der Waals surface area contributed by atoms with E-state index in [4.69, 9.17) is 0 Å². The molecular weight excluding hydrogens is 735 g/mol. The van der Waals surface area contributed by atoms with Crippen LogP contribution in [0.4, 0.5) is 17.1 Å². The van der Waals surface area contributed by atoms with E-state index in [9.17, 15) is 0 Å². The molecule has 7 aromatic carbocycles. The first-order valence-electron chi connectivity index (χ1n) is 23.2. The minimum Gasteiger partial charge on any atom is -0.310 e. The minimum atomic E-state index is 0.0640. The first-order chi connectivity index (χ1) is 29.7. The van der Waals surface area contributed by atoms with Crippen LogP contribution in [-0.2, 0) is 16.2 Å². The van der Waals surface area contributed by atoms with Crippen molar-refractivity contribution in [3.05, 3.63) is 186 Å². The van der Waals surface area contributed by atoms with Crippen molar-refractivity contribution < 1.29 is 0 Å². The molecule has 0 radical (unpaired) electrons. The Morgan fingerprint density at radius 2 is 0.885 bits per heavy atom. The van der Waals surface area contributed by atoms with Crippen molar-refractivity contribution >= 4 is 17.1 Å². The zero-order chi connectivity index (χ0) is 41.1. The van der Waals surface area contributed by atoms with Gasteiger partial charge in [0.1, 0.15) is 0 Å². The van der Waals surface area contributed by atoms with Gasteiger partial charge in [-0.2, -0.15) is 0 Å². The Morgan fingerprint density at radius 1 is 0.377 bits per heavy atom. The van der Waals surface area contributed by atoms with Crippen molar-refractivity contribution in [1.29, 1.82) is 0 Å². The topological polar surface area (TPSA) is 3.24 Å². The van der Waals surface area contributed by atoms with Gasteiger partial charge in [-0.05, 0) is 177 Å². The zero-order valence-electron chi connectivity index (χ0n) is 36.3. The Morgan fingerprint density at radius 3 is 1.51 bits per heavy atom. The molecule has 0 atom stereocenters. The SMILES string of the molecule is CC1(C)CCC(C)(C)c2cc(N(c3ccc(-c4ccccc4)cc3)c3cc4c(cc3-c3ccc(-c5ccccc5)cc3)-c3ccccc3C43C4CC5CC(C4)CC3C5)ccc21. The van der Waals surface area contributed by atoms with E-state index in [2.05, 4.69) is 196 Å². The number of benzene rings is 7.